The van der Waals surface area contributed by atoms with Crippen LogP contribution in [0.25, 0.3) is 0 Å². The predicted octanol–water partition coefficient (Wildman–Crippen LogP) is 3.38. The SMILES string of the molecule is CN(CC(=O)Nc1ccc(Cl)c(Cl)c1)C(=O)COc1cccc([N+](=O)[O-])c1. The van der Waals surface area contributed by atoms with E-state index in [1.807, 2.05) is 0 Å². The van der Waals surface area contributed by atoms with E-state index in [4.69, 9.17) is 27.9 Å². The summed E-state index contributed by atoms with van der Waals surface area (Å²) < 4.78 is 5.25. The molecule has 0 bridgehead atoms. The fourth-order valence-corrected chi connectivity index (χ4v) is 2.32. The number of hydrogen-bond acceptors (Lipinski definition) is 5. The highest BCUT2D eigenvalue weighted by Gasteiger charge is 2.15. The smallest absolute Gasteiger partial charge is 0.273 e. The first-order valence-corrected chi connectivity index (χ1v) is 8.38. The van der Waals surface area contributed by atoms with Crippen molar-refractivity contribution in [2.75, 3.05) is 25.5 Å². The molecule has 0 aliphatic heterocycles. The van der Waals surface area contributed by atoms with Crippen LogP contribution < -0.4 is 10.1 Å². The average molecular weight is 412 g/mol. The molecular formula is C17H15Cl2N3O5. The Hall–Kier alpha value is -2.84. The number of hydrogen-bond donors (Lipinski definition) is 1. The summed E-state index contributed by atoms with van der Waals surface area (Å²) in [6.07, 6.45) is 0. The quantitative estimate of drug-likeness (QED) is 0.555. The number of carbonyl (C=O) groups excluding carboxylic acids is 2. The monoisotopic (exact) mass is 411 g/mol. The van der Waals surface area contributed by atoms with Gasteiger partial charge in [-0.15, -0.1) is 0 Å². The lowest BCUT2D eigenvalue weighted by Crippen LogP contribution is -2.37. The zero-order valence-electron chi connectivity index (χ0n) is 14.1. The Kier molecular flexibility index (Phi) is 6.98. The summed E-state index contributed by atoms with van der Waals surface area (Å²) in [6.45, 7) is -0.574. The van der Waals surface area contributed by atoms with Gasteiger partial charge >= 0.3 is 0 Å². The van der Waals surface area contributed by atoms with Gasteiger partial charge in [0.1, 0.15) is 5.75 Å². The number of non-ortho nitro benzene ring substituents is 1. The van der Waals surface area contributed by atoms with Crippen LogP contribution in [-0.4, -0.2) is 41.8 Å². The molecule has 0 aliphatic rings. The highest BCUT2D eigenvalue weighted by Crippen LogP contribution is 2.25. The van der Waals surface area contributed by atoms with E-state index in [1.165, 1.54) is 42.3 Å². The molecule has 0 fully saturated rings. The lowest BCUT2D eigenvalue weighted by atomic mass is 10.3. The van der Waals surface area contributed by atoms with Crippen molar-refractivity contribution in [3.8, 4) is 5.75 Å². The van der Waals surface area contributed by atoms with E-state index in [-0.39, 0.29) is 24.6 Å². The molecular weight excluding hydrogens is 397 g/mol. The zero-order chi connectivity index (χ0) is 20.0. The molecule has 0 spiro atoms. The Morgan fingerprint density at radius 3 is 2.59 bits per heavy atom. The first-order chi connectivity index (χ1) is 12.8. The highest BCUT2D eigenvalue weighted by atomic mass is 35.5. The lowest BCUT2D eigenvalue weighted by molar-refractivity contribution is -0.384. The van der Waals surface area contributed by atoms with Gasteiger partial charge in [-0.05, 0) is 24.3 Å². The average Bonchev–Trinajstić information content (AvgIpc) is 2.62. The maximum absolute atomic E-state index is 12.1. The predicted molar refractivity (Wildman–Crippen MR) is 101 cm³/mol. The second kappa shape index (κ2) is 9.20. The molecule has 8 nitrogen and oxygen atoms in total. The van der Waals surface area contributed by atoms with Crippen LogP contribution in [0.3, 0.4) is 0 Å². The lowest BCUT2D eigenvalue weighted by Gasteiger charge is -2.17. The Morgan fingerprint density at radius 1 is 1.19 bits per heavy atom. The molecule has 0 aliphatic carbocycles. The number of nitro benzene ring substituents is 1. The Labute approximate surface area is 164 Å². The van der Waals surface area contributed by atoms with Gasteiger partial charge in [0.2, 0.25) is 5.91 Å². The van der Waals surface area contributed by atoms with Gasteiger partial charge < -0.3 is 15.0 Å². The van der Waals surface area contributed by atoms with Crippen LogP contribution in [0.1, 0.15) is 0 Å². The van der Waals surface area contributed by atoms with Crippen molar-refractivity contribution in [2.24, 2.45) is 0 Å². The standard InChI is InChI=1S/C17H15Cl2N3O5/c1-21(9-16(23)20-11-5-6-14(18)15(19)7-11)17(24)10-27-13-4-2-3-12(8-13)22(25)26/h2-8H,9-10H2,1H3,(H,20,23). The molecule has 2 aromatic carbocycles. The number of nitrogens with zero attached hydrogens (tertiary/aromatic N) is 2. The Balaban J connectivity index is 1.85. The summed E-state index contributed by atoms with van der Waals surface area (Å²) in [6, 6.07) is 10.1. The number of halogens is 2. The fraction of sp³-hybridized carbons (Fsp3) is 0.176. The van der Waals surface area contributed by atoms with Gasteiger partial charge in [-0.2, -0.15) is 0 Å². The van der Waals surface area contributed by atoms with Crippen LogP contribution in [0, 0.1) is 10.1 Å². The first kappa shape index (κ1) is 20.5. The maximum Gasteiger partial charge on any atom is 0.273 e. The van der Waals surface area contributed by atoms with Crippen LogP contribution in [0.15, 0.2) is 42.5 Å². The molecule has 0 saturated carbocycles. The molecule has 0 atom stereocenters. The van der Waals surface area contributed by atoms with Gasteiger partial charge in [0.15, 0.2) is 6.61 Å². The zero-order valence-corrected chi connectivity index (χ0v) is 15.7. The van der Waals surface area contributed by atoms with Crippen molar-refractivity contribution in [2.45, 2.75) is 0 Å². The molecule has 10 heteroatoms. The molecule has 1 N–H and O–H groups in total. The first-order valence-electron chi connectivity index (χ1n) is 7.62. The minimum absolute atomic E-state index is 0.144. The number of carbonyl (C=O) groups is 2. The normalized spacial score (nSPS) is 10.2. The van der Waals surface area contributed by atoms with Gasteiger partial charge in [0.05, 0.1) is 27.6 Å². The number of nitrogens with one attached hydrogen (secondary N) is 1. The number of anilines is 1. The summed E-state index contributed by atoms with van der Waals surface area (Å²) in [4.78, 5) is 35.4. The molecule has 2 aromatic rings. The Bertz CT molecular complexity index is 875. The molecule has 142 valence electrons. The number of amides is 2. The molecule has 2 rings (SSSR count). The van der Waals surface area contributed by atoms with Gasteiger partial charge in [-0.3, -0.25) is 19.7 Å². The minimum atomic E-state index is -0.561. The Morgan fingerprint density at radius 2 is 1.93 bits per heavy atom. The second-order valence-electron chi connectivity index (χ2n) is 5.47. The molecule has 0 radical (unpaired) electrons. The third-order valence-electron chi connectivity index (χ3n) is 3.40. The summed E-state index contributed by atoms with van der Waals surface area (Å²) in [7, 11) is 1.44. The number of nitro groups is 1. The molecule has 27 heavy (non-hydrogen) atoms. The van der Waals surface area contributed by atoms with Crippen LogP contribution >= 0.6 is 23.2 Å². The number of rotatable bonds is 7. The van der Waals surface area contributed by atoms with Crippen molar-refractivity contribution in [1.29, 1.82) is 0 Å². The van der Waals surface area contributed by atoms with Crippen molar-refractivity contribution in [3.63, 3.8) is 0 Å². The topological polar surface area (TPSA) is 102 Å². The fourth-order valence-electron chi connectivity index (χ4n) is 2.02. The molecule has 0 aromatic heterocycles. The number of ether oxygens (including phenoxy) is 1. The van der Waals surface area contributed by atoms with Crippen LogP contribution in [0.4, 0.5) is 11.4 Å². The van der Waals surface area contributed by atoms with Gasteiger partial charge in [0.25, 0.3) is 11.6 Å². The van der Waals surface area contributed by atoms with E-state index in [0.717, 1.165) is 0 Å². The summed E-state index contributed by atoms with van der Waals surface area (Å²) in [5.41, 5.74) is 0.303. The summed E-state index contributed by atoms with van der Waals surface area (Å²) in [5, 5.41) is 14.0. The molecule has 2 amide bonds. The largest absolute Gasteiger partial charge is 0.484 e. The van der Waals surface area contributed by atoms with Crippen LogP contribution in [0.5, 0.6) is 5.75 Å². The number of likely N-dealkylation sites (N-methyl/N-ethyl adjacent to an activating group) is 1. The summed E-state index contributed by atoms with van der Waals surface area (Å²) >= 11 is 11.7. The van der Waals surface area contributed by atoms with Crippen LogP contribution in [-0.2, 0) is 9.59 Å². The highest BCUT2D eigenvalue weighted by molar-refractivity contribution is 6.42. The van der Waals surface area contributed by atoms with Crippen molar-refractivity contribution < 1.29 is 19.2 Å². The van der Waals surface area contributed by atoms with Crippen molar-refractivity contribution in [1.82, 2.24) is 4.90 Å². The van der Waals surface area contributed by atoms with E-state index in [2.05, 4.69) is 5.32 Å². The van der Waals surface area contributed by atoms with E-state index >= 15 is 0 Å². The van der Waals surface area contributed by atoms with Crippen LogP contribution in [0.2, 0.25) is 10.0 Å². The van der Waals surface area contributed by atoms with Gasteiger partial charge in [-0.25, -0.2) is 0 Å². The van der Waals surface area contributed by atoms with E-state index in [1.54, 1.807) is 12.1 Å². The van der Waals surface area contributed by atoms with Crippen molar-refractivity contribution >= 4 is 46.4 Å². The second-order valence-corrected chi connectivity index (χ2v) is 6.28. The molecule has 0 saturated heterocycles. The van der Waals surface area contributed by atoms with E-state index in [0.29, 0.717) is 15.7 Å². The minimum Gasteiger partial charge on any atom is -0.484 e. The van der Waals surface area contributed by atoms with Crippen molar-refractivity contribution in [3.05, 3.63) is 62.6 Å². The van der Waals surface area contributed by atoms with Gasteiger partial charge in [0, 0.05) is 18.8 Å². The third-order valence-corrected chi connectivity index (χ3v) is 4.14. The third kappa shape index (κ3) is 6.12. The maximum atomic E-state index is 12.1. The molecule has 0 heterocycles. The van der Waals surface area contributed by atoms with E-state index < -0.39 is 16.7 Å². The van der Waals surface area contributed by atoms with Gasteiger partial charge in [-0.1, -0.05) is 29.3 Å². The summed E-state index contributed by atoms with van der Waals surface area (Å²) in [5.74, 6) is -0.711. The number of benzene rings is 2. The van der Waals surface area contributed by atoms with E-state index in [9.17, 15) is 19.7 Å². The molecule has 0 unspecified atom stereocenters.